The first kappa shape index (κ1) is 11.0. The van der Waals surface area contributed by atoms with Gasteiger partial charge in [0.1, 0.15) is 11.9 Å². The lowest BCUT2D eigenvalue weighted by Crippen LogP contribution is -2.09. The third-order valence-corrected chi connectivity index (χ3v) is 2.17. The maximum absolute atomic E-state index is 13.3. The van der Waals surface area contributed by atoms with Crippen molar-refractivity contribution in [3.63, 3.8) is 0 Å². The number of alkyl halides is 1. The van der Waals surface area contributed by atoms with E-state index >= 15 is 0 Å². The summed E-state index contributed by atoms with van der Waals surface area (Å²) in [7, 11) is 3.43. The Kier molecular flexibility index (Phi) is 3.89. The maximum atomic E-state index is 13.3. The Morgan fingerprint density at radius 2 is 2.21 bits per heavy atom. The SMILES string of the molecule is CNCc1c(OC)cccc1C(C)F. The molecule has 0 radical (unpaired) electrons. The van der Waals surface area contributed by atoms with E-state index < -0.39 is 6.17 Å². The number of hydrogen-bond donors (Lipinski definition) is 1. The van der Waals surface area contributed by atoms with Gasteiger partial charge < -0.3 is 10.1 Å². The molecule has 1 N–H and O–H groups in total. The van der Waals surface area contributed by atoms with E-state index in [1.54, 1.807) is 13.2 Å². The monoisotopic (exact) mass is 197 g/mol. The molecule has 1 atom stereocenters. The van der Waals surface area contributed by atoms with Gasteiger partial charge in [-0.05, 0) is 25.6 Å². The number of rotatable bonds is 4. The number of benzene rings is 1. The van der Waals surface area contributed by atoms with E-state index in [-0.39, 0.29) is 0 Å². The van der Waals surface area contributed by atoms with Crippen molar-refractivity contribution in [2.24, 2.45) is 0 Å². The molecule has 3 heteroatoms. The summed E-state index contributed by atoms with van der Waals surface area (Å²) in [5, 5.41) is 3.01. The summed E-state index contributed by atoms with van der Waals surface area (Å²) in [4.78, 5) is 0. The zero-order valence-electron chi connectivity index (χ0n) is 8.80. The zero-order valence-corrected chi connectivity index (χ0v) is 8.80. The van der Waals surface area contributed by atoms with E-state index in [4.69, 9.17) is 4.74 Å². The van der Waals surface area contributed by atoms with Crippen molar-refractivity contribution in [2.45, 2.75) is 19.6 Å². The van der Waals surface area contributed by atoms with Crippen LogP contribution in [0.25, 0.3) is 0 Å². The summed E-state index contributed by atoms with van der Waals surface area (Å²) in [5.41, 5.74) is 1.59. The van der Waals surface area contributed by atoms with E-state index in [1.807, 2.05) is 19.2 Å². The van der Waals surface area contributed by atoms with Crippen LogP contribution in [0, 0.1) is 0 Å². The highest BCUT2D eigenvalue weighted by atomic mass is 19.1. The van der Waals surface area contributed by atoms with Gasteiger partial charge in [-0.15, -0.1) is 0 Å². The smallest absolute Gasteiger partial charge is 0.123 e. The van der Waals surface area contributed by atoms with Crippen LogP contribution in [-0.2, 0) is 6.54 Å². The van der Waals surface area contributed by atoms with E-state index in [0.29, 0.717) is 12.1 Å². The Morgan fingerprint density at radius 3 is 2.71 bits per heavy atom. The molecule has 0 bridgehead atoms. The minimum atomic E-state index is -0.964. The van der Waals surface area contributed by atoms with E-state index in [0.717, 1.165) is 11.3 Å². The fourth-order valence-electron chi connectivity index (χ4n) is 1.51. The average molecular weight is 197 g/mol. The lowest BCUT2D eigenvalue weighted by molar-refractivity contribution is 0.364. The molecule has 0 saturated carbocycles. The fourth-order valence-corrected chi connectivity index (χ4v) is 1.51. The van der Waals surface area contributed by atoms with Gasteiger partial charge in [0, 0.05) is 12.1 Å². The molecule has 14 heavy (non-hydrogen) atoms. The lowest BCUT2D eigenvalue weighted by atomic mass is 10.0. The van der Waals surface area contributed by atoms with Crippen LogP contribution in [0.2, 0.25) is 0 Å². The summed E-state index contributed by atoms with van der Waals surface area (Å²) in [6.45, 7) is 2.15. The fraction of sp³-hybridized carbons (Fsp3) is 0.455. The van der Waals surface area contributed by atoms with Crippen molar-refractivity contribution in [1.29, 1.82) is 0 Å². The highest BCUT2D eigenvalue weighted by Crippen LogP contribution is 2.28. The molecule has 1 aromatic rings. The Morgan fingerprint density at radius 1 is 1.50 bits per heavy atom. The van der Waals surface area contributed by atoms with Crippen LogP contribution in [-0.4, -0.2) is 14.2 Å². The summed E-state index contributed by atoms with van der Waals surface area (Å²) >= 11 is 0. The van der Waals surface area contributed by atoms with Gasteiger partial charge in [0.05, 0.1) is 7.11 Å². The standard InChI is InChI=1S/C11H16FNO/c1-8(12)9-5-4-6-11(14-3)10(9)7-13-2/h4-6,8,13H,7H2,1-3H3. The summed E-state index contributed by atoms with van der Waals surface area (Å²) in [5.74, 6) is 0.737. The Balaban J connectivity index is 3.13. The number of hydrogen-bond acceptors (Lipinski definition) is 2. The van der Waals surface area contributed by atoms with Crippen molar-refractivity contribution in [2.75, 3.05) is 14.2 Å². The molecule has 0 saturated heterocycles. The van der Waals surface area contributed by atoms with Crippen molar-refractivity contribution < 1.29 is 9.13 Å². The first-order valence-corrected chi connectivity index (χ1v) is 4.65. The second-order valence-corrected chi connectivity index (χ2v) is 3.17. The second-order valence-electron chi connectivity index (χ2n) is 3.17. The van der Waals surface area contributed by atoms with Crippen molar-refractivity contribution in [3.05, 3.63) is 29.3 Å². The molecular weight excluding hydrogens is 181 g/mol. The Bertz CT molecular complexity index is 299. The van der Waals surface area contributed by atoms with Gasteiger partial charge in [0.25, 0.3) is 0 Å². The van der Waals surface area contributed by atoms with Crippen LogP contribution in [0.4, 0.5) is 4.39 Å². The molecule has 1 unspecified atom stereocenters. The normalized spacial score (nSPS) is 12.6. The van der Waals surface area contributed by atoms with Crippen LogP contribution in [0.3, 0.4) is 0 Å². The quantitative estimate of drug-likeness (QED) is 0.800. The van der Waals surface area contributed by atoms with Crippen molar-refractivity contribution in [3.8, 4) is 5.75 Å². The van der Waals surface area contributed by atoms with Gasteiger partial charge in [-0.3, -0.25) is 0 Å². The topological polar surface area (TPSA) is 21.3 Å². The molecule has 0 aromatic heterocycles. The molecule has 0 spiro atoms. The van der Waals surface area contributed by atoms with E-state index in [2.05, 4.69) is 5.32 Å². The van der Waals surface area contributed by atoms with Crippen LogP contribution < -0.4 is 10.1 Å². The van der Waals surface area contributed by atoms with Gasteiger partial charge in [-0.1, -0.05) is 12.1 Å². The van der Waals surface area contributed by atoms with Gasteiger partial charge in [0.2, 0.25) is 0 Å². The lowest BCUT2D eigenvalue weighted by Gasteiger charge is -2.14. The predicted octanol–water partition coefficient (Wildman–Crippen LogP) is 2.45. The molecule has 0 aliphatic heterocycles. The second kappa shape index (κ2) is 4.96. The van der Waals surface area contributed by atoms with Crippen LogP contribution in [0.1, 0.15) is 24.2 Å². The molecule has 1 rings (SSSR count). The molecule has 0 amide bonds. The molecule has 0 aliphatic rings. The van der Waals surface area contributed by atoms with E-state index in [1.165, 1.54) is 6.92 Å². The first-order valence-electron chi connectivity index (χ1n) is 4.65. The van der Waals surface area contributed by atoms with Gasteiger partial charge in [-0.2, -0.15) is 0 Å². The van der Waals surface area contributed by atoms with Gasteiger partial charge in [-0.25, -0.2) is 4.39 Å². The molecule has 0 fully saturated rings. The Hall–Kier alpha value is -1.09. The summed E-state index contributed by atoms with van der Waals surface area (Å²) < 4.78 is 18.4. The van der Waals surface area contributed by atoms with Crippen LogP contribution in [0.15, 0.2) is 18.2 Å². The first-order chi connectivity index (χ1) is 6.70. The third kappa shape index (κ3) is 2.23. The number of ether oxygens (including phenoxy) is 1. The number of methoxy groups -OCH3 is 1. The van der Waals surface area contributed by atoms with Gasteiger partial charge in [0.15, 0.2) is 0 Å². The molecule has 78 valence electrons. The highest BCUT2D eigenvalue weighted by Gasteiger charge is 2.12. The van der Waals surface area contributed by atoms with Crippen LogP contribution in [0.5, 0.6) is 5.75 Å². The Labute approximate surface area is 84.1 Å². The molecule has 0 heterocycles. The number of nitrogens with one attached hydrogen (secondary N) is 1. The molecule has 0 aliphatic carbocycles. The van der Waals surface area contributed by atoms with Crippen molar-refractivity contribution >= 4 is 0 Å². The molecule has 2 nitrogen and oxygen atoms in total. The zero-order chi connectivity index (χ0) is 10.6. The minimum Gasteiger partial charge on any atom is -0.496 e. The summed E-state index contributed by atoms with van der Waals surface area (Å²) in [6, 6.07) is 5.45. The van der Waals surface area contributed by atoms with Crippen LogP contribution >= 0.6 is 0 Å². The largest absolute Gasteiger partial charge is 0.496 e. The van der Waals surface area contributed by atoms with E-state index in [9.17, 15) is 4.39 Å². The predicted molar refractivity (Wildman–Crippen MR) is 55.3 cm³/mol. The van der Waals surface area contributed by atoms with Crippen molar-refractivity contribution in [1.82, 2.24) is 5.32 Å². The highest BCUT2D eigenvalue weighted by molar-refractivity contribution is 5.41. The molecular formula is C11H16FNO. The number of halogens is 1. The maximum Gasteiger partial charge on any atom is 0.123 e. The third-order valence-electron chi connectivity index (χ3n) is 2.17. The summed E-state index contributed by atoms with van der Waals surface area (Å²) in [6.07, 6.45) is -0.964. The van der Waals surface area contributed by atoms with Gasteiger partial charge >= 0.3 is 0 Å². The average Bonchev–Trinajstić information content (AvgIpc) is 2.18. The molecule has 1 aromatic carbocycles. The minimum absolute atomic E-state index is 0.619.